The highest BCUT2D eigenvalue weighted by atomic mass is 127. The first kappa shape index (κ1) is 39.9. The smallest absolute Gasteiger partial charge is 0.238 e. The molecule has 7 rings (SSSR count). The van der Waals surface area contributed by atoms with Gasteiger partial charge in [-0.1, -0.05) is 92.2 Å². The number of anilines is 1. The minimum absolute atomic E-state index is 0.0125. The minimum atomic E-state index is -1.04. The Kier molecular flexibility index (Phi) is 12.1. The van der Waals surface area contributed by atoms with Gasteiger partial charge in [0.25, 0.3) is 0 Å². The Bertz CT molecular complexity index is 1950. The number of amides is 2. The van der Waals surface area contributed by atoms with Crippen LogP contribution in [0, 0.1) is 14.8 Å². The second kappa shape index (κ2) is 16.6. The Balaban J connectivity index is 1.55. The molecule has 4 aromatic rings. The molecule has 7 nitrogen and oxygen atoms in total. The number of nitrogens with zero attached hydrogens (tertiary/aromatic N) is 1. The van der Waals surface area contributed by atoms with Gasteiger partial charge in [-0.2, -0.15) is 0 Å². The van der Waals surface area contributed by atoms with Crippen LogP contribution < -0.4 is 10.6 Å². The summed E-state index contributed by atoms with van der Waals surface area (Å²) in [6.45, 7) is 4.55. The summed E-state index contributed by atoms with van der Waals surface area (Å²) in [7, 11) is 0. The van der Waals surface area contributed by atoms with Crippen LogP contribution in [0.5, 0.6) is 0 Å². The summed E-state index contributed by atoms with van der Waals surface area (Å²) in [6.07, 6.45) is 4.73. The average molecular weight is 878 g/mol. The molecule has 4 N–H and O–H groups in total. The number of hydrogen-bond acceptors (Lipinski definition) is 5. The van der Waals surface area contributed by atoms with Crippen LogP contribution >= 0.6 is 34.2 Å². The predicted octanol–water partition coefficient (Wildman–Crippen LogP) is 9.44. The lowest BCUT2D eigenvalue weighted by Crippen LogP contribution is -2.58. The van der Waals surface area contributed by atoms with Crippen molar-refractivity contribution in [2.45, 2.75) is 113 Å². The lowest BCUT2D eigenvalue weighted by Gasteiger charge is -2.53. The van der Waals surface area contributed by atoms with Crippen molar-refractivity contribution in [3.8, 4) is 0 Å². The van der Waals surface area contributed by atoms with E-state index in [-0.39, 0.29) is 17.4 Å². The van der Waals surface area contributed by atoms with Gasteiger partial charge in [-0.25, -0.2) is 4.39 Å². The number of carbonyl (C=O) groups is 2. The fraction of sp³-hybridized carbons (Fsp3) is 0.422. The number of benzene rings is 4. The number of carbonyl (C=O) groups excluding carboxylic acids is 2. The van der Waals surface area contributed by atoms with Gasteiger partial charge in [-0.3, -0.25) is 14.5 Å². The SMILES string of the molecule is CC1(C)CCC2(CC1)C(c1ccc(Cl)cc1NC=O)[C@@H](c1cc(F)cc(I)c1)[C@H](C(=O)NC1CCC(O)CC1)N2[C@H](c1ccccc1)[C@@H](O)c1ccccc1. The molecule has 1 aliphatic heterocycles. The third-order valence-corrected chi connectivity index (χ3v) is 13.4. The Morgan fingerprint density at radius 1 is 0.909 bits per heavy atom. The van der Waals surface area contributed by atoms with E-state index in [4.69, 9.17) is 11.6 Å². The van der Waals surface area contributed by atoms with E-state index in [1.807, 2.05) is 78.9 Å². The first-order chi connectivity index (χ1) is 26.4. The third kappa shape index (κ3) is 8.24. The summed E-state index contributed by atoms with van der Waals surface area (Å²) in [5.41, 5.74) is 2.85. The first-order valence-electron chi connectivity index (χ1n) is 19.4. The van der Waals surface area contributed by atoms with E-state index in [1.165, 1.54) is 6.07 Å². The predicted molar refractivity (Wildman–Crippen MR) is 223 cm³/mol. The van der Waals surface area contributed by atoms with Crippen LogP contribution in [0.25, 0.3) is 0 Å². The minimum Gasteiger partial charge on any atom is -0.393 e. The van der Waals surface area contributed by atoms with Crippen molar-refractivity contribution in [3.63, 3.8) is 0 Å². The standard InChI is InChI=1S/C45H50ClFIN3O4/c1-44(2)19-21-45(22-20-44)39(36-18-13-31(46)25-37(36)49-27-52)38(30-23-32(47)26-33(48)24-30)41(43(55)50-34-14-16-35(53)17-15-34)51(45)40(28-9-5-3-6-10-28)42(54)29-11-7-4-8-12-29/h3-13,18,23-27,34-35,38-42,53-54H,14-17,19-22H2,1-2H3,(H,49,52)(H,50,55)/t34?,35?,38-,39?,40-,41-,42+/m1/s1. The molecule has 55 heavy (non-hydrogen) atoms. The molecule has 10 heteroatoms. The molecule has 5 atom stereocenters. The molecule has 3 fully saturated rings. The molecule has 0 radical (unpaired) electrons. The lowest BCUT2D eigenvalue weighted by molar-refractivity contribution is -0.133. The molecular weight excluding hydrogens is 828 g/mol. The van der Waals surface area contributed by atoms with Gasteiger partial charge in [-0.05, 0) is 132 Å². The number of likely N-dealkylation sites (tertiary alicyclic amines) is 1. The summed E-state index contributed by atoms with van der Waals surface area (Å²) in [6, 6.07) is 28.3. The molecule has 2 amide bonds. The summed E-state index contributed by atoms with van der Waals surface area (Å²) >= 11 is 8.74. The van der Waals surface area contributed by atoms with Crippen molar-refractivity contribution in [3.05, 3.63) is 134 Å². The van der Waals surface area contributed by atoms with Crippen LogP contribution in [0.1, 0.15) is 111 Å². The van der Waals surface area contributed by atoms with E-state index < -0.39 is 47.5 Å². The maximum absolute atomic E-state index is 15.7. The van der Waals surface area contributed by atoms with Gasteiger partial charge >= 0.3 is 0 Å². The van der Waals surface area contributed by atoms with Gasteiger partial charge in [0.1, 0.15) is 5.82 Å². The van der Waals surface area contributed by atoms with Crippen LogP contribution in [-0.4, -0.2) is 51.2 Å². The van der Waals surface area contributed by atoms with Crippen LogP contribution in [0.4, 0.5) is 10.1 Å². The van der Waals surface area contributed by atoms with Crippen molar-refractivity contribution in [1.29, 1.82) is 0 Å². The van der Waals surface area contributed by atoms with Crippen molar-refractivity contribution in [1.82, 2.24) is 10.2 Å². The van der Waals surface area contributed by atoms with E-state index in [1.54, 1.807) is 12.1 Å². The summed E-state index contributed by atoms with van der Waals surface area (Å²) in [4.78, 5) is 30.1. The Hall–Kier alpha value is -3.35. The molecule has 1 saturated heterocycles. The Morgan fingerprint density at radius 3 is 2.16 bits per heavy atom. The molecule has 3 aliphatic rings. The molecule has 0 bridgehead atoms. The van der Waals surface area contributed by atoms with Crippen molar-refractivity contribution >= 4 is 52.2 Å². The van der Waals surface area contributed by atoms with E-state index in [9.17, 15) is 15.0 Å². The highest BCUT2D eigenvalue weighted by Gasteiger charge is 2.65. The summed E-state index contributed by atoms with van der Waals surface area (Å²) in [5, 5.41) is 30.0. The number of rotatable bonds is 10. The van der Waals surface area contributed by atoms with Crippen LogP contribution in [0.3, 0.4) is 0 Å². The third-order valence-electron chi connectivity index (χ3n) is 12.6. The van der Waals surface area contributed by atoms with Gasteiger partial charge in [0.15, 0.2) is 0 Å². The zero-order valence-electron chi connectivity index (χ0n) is 31.3. The molecule has 2 aliphatic carbocycles. The summed E-state index contributed by atoms with van der Waals surface area (Å²) < 4.78 is 16.5. The molecular formula is C45H50ClFIN3O4. The number of halogens is 3. The molecule has 2 saturated carbocycles. The first-order valence-corrected chi connectivity index (χ1v) is 20.9. The van der Waals surface area contributed by atoms with Crippen LogP contribution in [-0.2, 0) is 9.59 Å². The molecule has 1 unspecified atom stereocenters. The second-order valence-corrected chi connectivity index (χ2v) is 18.2. The van der Waals surface area contributed by atoms with Crippen LogP contribution in [0.15, 0.2) is 97.1 Å². The van der Waals surface area contributed by atoms with E-state index in [0.29, 0.717) is 64.8 Å². The van der Waals surface area contributed by atoms with Crippen molar-refractivity contribution in [2.24, 2.45) is 5.41 Å². The molecule has 4 aromatic carbocycles. The van der Waals surface area contributed by atoms with Gasteiger partial charge in [0.2, 0.25) is 12.3 Å². The Labute approximate surface area is 342 Å². The van der Waals surface area contributed by atoms with E-state index in [0.717, 1.165) is 29.5 Å². The zero-order chi connectivity index (χ0) is 38.9. The second-order valence-electron chi connectivity index (χ2n) is 16.5. The van der Waals surface area contributed by atoms with Crippen molar-refractivity contribution < 1.29 is 24.2 Å². The maximum atomic E-state index is 15.7. The fourth-order valence-electron chi connectivity index (χ4n) is 9.89. The molecule has 1 spiro atoms. The molecule has 1 heterocycles. The summed E-state index contributed by atoms with van der Waals surface area (Å²) in [5.74, 6) is -1.65. The molecule has 0 aromatic heterocycles. The van der Waals surface area contributed by atoms with Crippen molar-refractivity contribution in [2.75, 3.05) is 5.32 Å². The largest absolute Gasteiger partial charge is 0.393 e. The Morgan fingerprint density at radius 2 is 1.55 bits per heavy atom. The zero-order valence-corrected chi connectivity index (χ0v) is 34.2. The monoisotopic (exact) mass is 877 g/mol. The number of nitrogens with one attached hydrogen (secondary N) is 2. The van der Waals surface area contributed by atoms with E-state index in [2.05, 4.69) is 52.0 Å². The van der Waals surface area contributed by atoms with Gasteiger partial charge in [0, 0.05) is 37.7 Å². The molecule has 290 valence electrons. The van der Waals surface area contributed by atoms with Crippen LogP contribution in [0.2, 0.25) is 5.02 Å². The lowest BCUT2D eigenvalue weighted by atomic mass is 9.61. The van der Waals surface area contributed by atoms with E-state index >= 15 is 9.18 Å². The highest BCUT2D eigenvalue weighted by molar-refractivity contribution is 14.1. The topological polar surface area (TPSA) is 102 Å². The number of hydrogen-bond donors (Lipinski definition) is 4. The van der Waals surface area contributed by atoms with Gasteiger partial charge in [-0.15, -0.1) is 0 Å². The normalized spacial score (nSPS) is 25.9. The highest BCUT2D eigenvalue weighted by Crippen LogP contribution is 2.65. The van der Waals surface area contributed by atoms with Gasteiger partial charge < -0.3 is 20.8 Å². The quantitative estimate of drug-likeness (QED) is 0.0940. The fourth-order valence-corrected chi connectivity index (χ4v) is 10.7. The average Bonchev–Trinajstić information content (AvgIpc) is 3.44. The maximum Gasteiger partial charge on any atom is 0.238 e. The number of aliphatic hydroxyl groups excluding tert-OH is 2. The number of aliphatic hydroxyl groups is 2. The van der Waals surface area contributed by atoms with Gasteiger partial charge in [0.05, 0.1) is 24.3 Å².